The van der Waals surface area contributed by atoms with Gasteiger partial charge in [-0.1, -0.05) is 11.6 Å². The van der Waals surface area contributed by atoms with Gasteiger partial charge in [0.05, 0.1) is 12.3 Å². The number of nitrogens with zero attached hydrogens (tertiary/aromatic N) is 1. The van der Waals surface area contributed by atoms with Crippen molar-refractivity contribution in [2.45, 2.75) is 26.2 Å². The molecule has 0 bridgehead atoms. The Morgan fingerprint density at radius 1 is 1.38 bits per heavy atom. The topological polar surface area (TPSA) is 41.8 Å². The fourth-order valence-corrected chi connectivity index (χ4v) is 1.72. The van der Waals surface area contributed by atoms with Crippen molar-refractivity contribution in [1.82, 2.24) is 0 Å². The summed E-state index contributed by atoms with van der Waals surface area (Å²) in [6.07, 6.45) is 3.95. The highest BCUT2D eigenvalue weighted by Crippen LogP contribution is 2.27. The molecule has 3 nitrogen and oxygen atoms in total. The van der Waals surface area contributed by atoms with Gasteiger partial charge in [-0.25, -0.2) is 0 Å². The number of benzene rings is 1. The van der Waals surface area contributed by atoms with Crippen molar-refractivity contribution < 1.29 is 9.94 Å². The van der Waals surface area contributed by atoms with Crippen LogP contribution in [0.1, 0.15) is 31.7 Å². The van der Waals surface area contributed by atoms with Gasteiger partial charge in [-0.05, 0) is 55.5 Å². The lowest BCUT2D eigenvalue weighted by Crippen LogP contribution is -2.19. The molecule has 0 saturated heterocycles. The maximum absolute atomic E-state index is 8.63. The van der Waals surface area contributed by atoms with E-state index < -0.39 is 0 Å². The highest BCUT2D eigenvalue weighted by Gasteiger charge is 2.17. The lowest BCUT2D eigenvalue weighted by Gasteiger charge is -2.25. The fraction of sp³-hybridized carbons (Fsp3) is 0.462. The van der Waals surface area contributed by atoms with E-state index in [1.165, 1.54) is 19.3 Å². The van der Waals surface area contributed by atoms with Crippen LogP contribution in [0.25, 0.3) is 0 Å². The predicted molar refractivity (Wildman–Crippen MR) is 63.3 cm³/mol. The average Bonchev–Trinajstić information content (AvgIpc) is 2.27. The summed E-state index contributed by atoms with van der Waals surface area (Å²) in [6.45, 7) is 2.59. The molecule has 1 N–H and O–H groups in total. The zero-order chi connectivity index (χ0) is 11.4. The monoisotopic (exact) mass is 219 g/mol. The number of rotatable bonds is 4. The molecule has 3 heteroatoms. The van der Waals surface area contributed by atoms with E-state index in [9.17, 15) is 0 Å². The molecule has 0 spiro atoms. The first-order chi connectivity index (χ1) is 7.79. The van der Waals surface area contributed by atoms with Gasteiger partial charge in [0.1, 0.15) is 5.75 Å². The van der Waals surface area contributed by atoms with Crippen molar-refractivity contribution >= 4 is 5.71 Å². The second-order valence-corrected chi connectivity index (χ2v) is 4.32. The van der Waals surface area contributed by atoms with Gasteiger partial charge in [-0.3, -0.25) is 0 Å². The third-order valence-electron chi connectivity index (χ3n) is 3.13. The van der Waals surface area contributed by atoms with E-state index in [2.05, 4.69) is 5.16 Å². The van der Waals surface area contributed by atoms with E-state index >= 15 is 0 Å². The van der Waals surface area contributed by atoms with E-state index in [1.54, 1.807) is 6.92 Å². The molecule has 0 aliphatic heterocycles. The molecule has 0 atom stereocenters. The van der Waals surface area contributed by atoms with Crippen molar-refractivity contribution in [2.24, 2.45) is 11.1 Å². The van der Waals surface area contributed by atoms with Gasteiger partial charge in [-0.2, -0.15) is 0 Å². The molecule has 1 saturated carbocycles. The van der Waals surface area contributed by atoms with Gasteiger partial charge in [0.2, 0.25) is 0 Å². The van der Waals surface area contributed by atoms with Gasteiger partial charge >= 0.3 is 0 Å². The maximum atomic E-state index is 8.63. The third kappa shape index (κ3) is 2.54. The number of hydrogen-bond acceptors (Lipinski definition) is 3. The van der Waals surface area contributed by atoms with Crippen LogP contribution in [0.2, 0.25) is 0 Å². The standard InChI is InChI=1S/C13H17NO2/c1-10(14-15)12-5-7-13(8-6-12)16-9-11-3-2-4-11/h5-8,11,15H,2-4,9H2,1H3. The van der Waals surface area contributed by atoms with Crippen LogP contribution in [0, 0.1) is 5.92 Å². The minimum Gasteiger partial charge on any atom is -0.493 e. The van der Waals surface area contributed by atoms with Crippen molar-refractivity contribution in [1.29, 1.82) is 0 Å². The average molecular weight is 219 g/mol. The van der Waals surface area contributed by atoms with E-state index in [0.29, 0.717) is 5.71 Å². The first-order valence-corrected chi connectivity index (χ1v) is 5.71. The smallest absolute Gasteiger partial charge is 0.119 e. The largest absolute Gasteiger partial charge is 0.493 e. The summed E-state index contributed by atoms with van der Waals surface area (Å²) < 4.78 is 5.68. The molecule has 86 valence electrons. The molecule has 0 heterocycles. The maximum Gasteiger partial charge on any atom is 0.119 e. The summed E-state index contributed by atoms with van der Waals surface area (Å²) in [4.78, 5) is 0. The summed E-state index contributed by atoms with van der Waals surface area (Å²) >= 11 is 0. The molecule has 1 aromatic carbocycles. The van der Waals surface area contributed by atoms with Crippen LogP contribution in [0.15, 0.2) is 29.4 Å². The van der Waals surface area contributed by atoms with Crippen molar-refractivity contribution in [3.05, 3.63) is 29.8 Å². The van der Waals surface area contributed by atoms with Gasteiger partial charge < -0.3 is 9.94 Å². The number of oxime groups is 1. The van der Waals surface area contributed by atoms with Gasteiger partial charge in [0, 0.05) is 0 Å². The summed E-state index contributed by atoms with van der Waals surface area (Å²) in [5, 5.41) is 11.8. The molecule has 16 heavy (non-hydrogen) atoms. The van der Waals surface area contributed by atoms with E-state index in [4.69, 9.17) is 9.94 Å². The Morgan fingerprint density at radius 3 is 2.56 bits per heavy atom. The lowest BCUT2D eigenvalue weighted by atomic mass is 9.86. The molecule has 1 aliphatic carbocycles. The Hall–Kier alpha value is -1.51. The minimum atomic E-state index is 0.616. The van der Waals surface area contributed by atoms with Crippen LogP contribution in [-0.2, 0) is 0 Å². The van der Waals surface area contributed by atoms with E-state index in [0.717, 1.165) is 23.8 Å². The summed E-state index contributed by atoms with van der Waals surface area (Å²) in [7, 11) is 0. The Bertz CT molecular complexity index is 366. The molecule has 0 aromatic heterocycles. The van der Waals surface area contributed by atoms with E-state index in [-0.39, 0.29) is 0 Å². The molecule has 1 fully saturated rings. The first-order valence-electron chi connectivity index (χ1n) is 5.71. The molecule has 2 rings (SSSR count). The molecule has 0 radical (unpaired) electrons. The minimum absolute atomic E-state index is 0.616. The highest BCUT2D eigenvalue weighted by atomic mass is 16.5. The van der Waals surface area contributed by atoms with Crippen LogP contribution in [0.4, 0.5) is 0 Å². The quantitative estimate of drug-likeness (QED) is 0.480. The normalized spacial score (nSPS) is 16.9. The second-order valence-electron chi connectivity index (χ2n) is 4.32. The summed E-state index contributed by atoms with van der Waals surface area (Å²) in [6, 6.07) is 7.65. The van der Waals surface area contributed by atoms with Crippen LogP contribution >= 0.6 is 0 Å². The van der Waals surface area contributed by atoms with Crippen LogP contribution in [0.3, 0.4) is 0 Å². The van der Waals surface area contributed by atoms with Gasteiger partial charge in [0.25, 0.3) is 0 Å². The Balaban J connectivity index is 1.90. The third-order valence-corrected chi connectivity index (χ3v) is 3.13. The molecule has 1 aliphatic rings. The number of hydrogen-bond donors (Lipinski definition) is 1. The predicted octanol–water partition coefficient (Wildman–Crippen LogP) is 3.06. The van der Waals surface area contributed by atoms with Gasteiger partial charge in [-0.15, -0.1) is 0 Å². The van der Waals surface area contributed by atoms with Crippen molar-refractivity contribution in [2.75, 3.05) is 6.61 Å². The number of ether oxygens (including phenoxy) is 1. The zero-order valence-corrected chi connectivity index (χ0v) is 9.52. The van der Waals surface area contributed by atoms with Crippen LogP contribution < -0.4 is 4.74 Å². The molecule has 1 aromatic rings. The van der Waals surface area contributed by atoms with Crippen LogP contribution in [-0.4, -0.2) is 17.5 Å². The molecule has 0 unspecified atom stereocenters. The van der Waals surface area contributed by atoms with E-state index in [1.807, 2.05) is 24.3 Å². The molecule has 0 amide bonds. The molecular formula is C13H17NO2. The zero-order valence-electron chi connectivity index (χ0n) is 9.52. The summed E-state index contributed by atoms with van der Waals surface area (Å²) in [5.74, 6) is 1.64. The first kappa shape index (κ1) is 11.0. The lowest BCUT2D eigenvalue weighted by molar-refractivity contribution is 0.180. The van der Waals surface area contributed by atoms with Crippen molar-refractivity contribution in [3.63, 3.8) is 0 Å². The fourth-order valence-electron chi connectivity index (χ4n) is 1.72. The Morgan fingerprint density at radius 2 is 2.06 bits per heavy atom. The molecular weight excluding hydrogens is 202 g/mol. The second kappa shape index (κ2) is 5.01. The Kier molecular flexibility index (Phi) is 3.44. The van der Waals surface area contributed by atoms with Crippen LogP contribution in [0.5, 0.6) is 5.75 Å². The Labute approximate surface area is 95.7 Å². The van der Waals surface area contributed by atoms with Gasteiger partial charge in [0.15, 0.2) is 0 Å². The SMILES string of the molecule is CC(=NO)c1ccc(OCC2CCC2)cc1. The summed E-state index contributed by atoms with van der Waals surface area (Å²) in [5.41, 5.74) is 1.53. The highest BCUT2D eigenvalue weighted by molar-refractivity contribution is 5.98. The van der Waals surface area contributed by atoms with Crippen molar-refractivity contribution in [3.8, 4) is 5.75 Å².